The zero-order chi connectivity index (χ0) is 25.3. The zero-order valence-corrected chi connectivity index (χ0v) is 23.6. The fraction of sp³-hybridized carbons (Fsp3) is 1.00. The molecule has 0 aliphatic heterocycles. The van der Waals surface area contributed by atoms with Crippen LogP contribution in [0.25, 0.3) is 0 Å². The highest BCUT2D eigenvalue weighted by Gasteiger charge is 2.71. The fourth-order valence-corrected chi connectivity index (χ4v) is 12.0. The maximum Gasteiger partial charge on any atom is 0.0911 e. The molecule has 0 aromatic rings. The van der Waals surface area contributed by atoms with Gasteiger partial charge in [-0.15, -0.1) is 0 Å². The summed E-state index contributed by atoms with van der Waals surface area (Å²) >= 11 is 0. The van der Waals surface area contributed by atoms with Gasteiger partial charge in [-0.25, -0.2) is 0 Å². The van der Waals surface area contributed by atoms with Crippen LogP contribution >= 0.6 is 0 Å². The highest BCUT2D eigenvalue weighted by atomic mass is 16.3. The lowest BCUT2D eigenvalue weighted by Crippen LogP contribution is -2.53. The molecule has 4 bridgehead atoms. The first kappa shape index (κ1) is 25.5. The van der Waals surface area contributed by atoms with Gasteiger partial charge in [0, 0.05) is 0 Å². The summed E-state index contributed by atoms with van der Waals surface area (Å²) in [5, 5.41) is 31.6. The van der Waals surface area contributed by atoms with Gasteiger partial charge in [0.1, 0.15) is 0 Å². The van der Waals surface area contributed by atoms with Crippen molar-refractivity contribution in [2.24, 2.45) is 62.6 Å². The van der Waals surface area contributed by atoms with E-state index in [1.165, 1.54) is 32.1 Å². The summed E-state index contributed by atoms with van der Waals surface area (Å²) in [6.45, 7) is 20.8. The SMILES string of the molecule is C[C@@H]1CC[C@H]2C(C)(C)[C@H]3C[C@@]12C[C@@H](O)[C@]3(C)O.C[C@@H]1CC[C@H]2C(C)(C)[C@H]3C[C@@]12C[C@H](O)C3(C)C. The van der Waals surface area contributed by atoms with Gasteiger partial charge in [0.2, 0.25) is 0 Å². The van der Waals surface area contributed by atoms with Crippen molar-refractivity contribution in [2.45, 2.75) is 131 Å². The minimum absolute atomic E-state index is 0.0916. The van der Waals surface area contributed by atoms with E-state index in [0.29, 0.717) is 34.0 Å². The Balaban J connectivity index is 0.000000142. The summed E-state index contributed by atoms with van der Waals surface area (Å²) < 4.78 is 0. The standard InChI is InChI=1S/C16H28O.C15H26O2/c1-10-6-7-11-14(2,3)12-8-16(10,11)9-13(17)15(12,4)5;1-9-5-6-10-13(2,3)11-7-15(9,10)8-12(16)14(11,4)17/h10-13,17H,6-9H2,1-5H3;9-12,16-17H,5-8H2,1-4H3/t10-,11+,12-,13+,16-;9-,10+,11-,12-,14-,15-/m11/s1. The molecule has 0 unspecified atom stereocenters. The van der Waals surface area contributed by atoms with Crippen LogP contribution in [0.5, 0.6) is 0 Å². The number of aliphatic hydroxyl groups excluding tert-OH is 2. The smallest absolute Gasteiger partial charge is 0.0911 e. The summed E-state index contributed by atoms with van der Waals surface area (Å²) in [7, 11) is 0. The normalized spacial score (nSPS) is 57.5. The molecule has 2 spiro atoms. The van der Waals surface area contributed by atoms with Gasteiger partial charge in [0.15, 0.2) is 0 Å². The molecule has 3 heteroatoms. The van der Waals surface area contributed by atoms with E-state index in [4.69, 9.17) is 0 Å². The molecule has 0 radical (unpaired) electrons. The third-order valence-corrected chi connectivity index (χ3v) is 14.2. The first-order valence-electron chi connectivity index (χ1n) is 14.5. The van der Waals surface area contributed by atoms with E-state index < -0.39 is 11.7 Å². The topological polar surface area (TPSA) is 60.7 Å². The first-order valence-corrected chi connectivity index (χ1v) is 14.5. The lowest BCUT2D eigenvalue weighted by atomic mass is 9.58. The van der Waals surface area contributed by atoms with Crippen LogP contribution in [0.2, 0.25) is 0 Å². The van der Waals surface area contributed by atoms with Gasteiger partial charge in [0.25, 0.3) is 0 Å². The molecule has 34 heavy (non-hydrogen) atoms. The molecule has 11 atom stereocenters. The van der Waals surface area contributed by atoms with Crippen molar-refractivity contribution in [1.82, 2.24) is 0 Å². The summed E-state index contributed by atoms with van der Waals surface area (Å²) in [6.07, 6.45) is 9.10. The molecule has 6 saturated carbocycles. The molecule has 6 aliphatic rings. The highest BCUT2D eigenvalue weighted by molar-refractivity contribution is 5.20. The third kappa shape index (κ3) is 2.93. The van der Waals surface area contributed by atoms with Crippen molar-refractivity contribution in [1.29, 1.82) is 0 Å². The van der Waals surface area contributed by atoms with Crippen LogP contribution in [-0.2, 0) is 0 Å². The average molecular weight is 475 g/mol. The predicted molar refractivity (Wildman–Crippen MR) is 138 cm³/mol. The van der Waals surface area contributed by atoms with Gasteiger partial charge in [-0.05, 0) is 121 Å². The van der Waals surface area contributed by atoms with Crippen molar-refractivity contribution in [3.8, 4) is 0 Å². The molecule has 0 heterocycles. The van der Waals surface area contributed by atoms with E-state index in [2.05, 4.69) is 55.4 Å². The molecular formula is C31H54O3. The van der Waals surface area contributed by atoms with Gasteiger partial charge in [-0.1, -0.05) is 55.4 Å². The van der Waals surface area contributed by atoms with Gasteiger partial charge < -0.3 is 15.3 Å². The van der Waals surface area contributed by atoms with Crippen LogP contribution in [-0.4, -0.2) is 33.1 Å². The lowest BCUT2D eigenvalue weighted by Gasteiger charge is -2.48. The van der Waals surface area contributed by atoms with E-state index in [1.54, 1.807) is 0 Å². The second-order valence-corrected chi connectivity index (χ2v) is 16.2. The number of hydrogen-bond acceptors (Lipinski definition) is 3. The second kappa shape index (κ2) is 7.25. The Bertz CT molecular complexity index is 759. The lowest BCUT2D eigenvalue weighted by molar-refractivity contribution is -0.153. The molecule has 3 N–H and O–H groups in total. The largest absolute Gasteiger partial charge is 0.393 e. The minimum Gasteiger partial charge on any atom is -0.393 e. The fourth-order valence-electron chi connectivity index (χ4n) is 12.0. The van der Waals surface area contributed by atoms with E-state index in [0.717, 1.165) is 31.1 Å². The molecule has 0 saturated heterocycles. The quantitative estimate of drug-likeness (QED) is 0.379. The highest BCUT2D eigenvalue weighted by Crippen LogP contribution is 2.75. The number of aliphatic hydroxyl groups is 3. The zero-order valence-electron chi connectivity index (χ0n) is 23.6. The van der Waals surface area contributed by atoms with Crippen LogP contribution in [0.3, 0.4) is 0 Å². The second-order valence-electron chi connectivity index (χ2n) is 16.2. The van der Waals surface area contributed by atoms with Crippen LogP contribution in [0.1, 0.15) is 114 Å². The molecule has 196 valence electrons. The van der Waals surface area contributed by atoms with E-state index in [9.17, 15) is 15.3 Å². The van der Waals surface area contributed by atoms with Crippen LogP contribution < -0.4 is 0 Å². The number of fused-ring (bicyclic) bond motifs is 2. The molecule has 6 aliphatic carbocycles. The van der Waals surface area contributed by atoms with Gasteiger partial charge in [-0.2, -0.15) is 0 Å². The Hall–Kier alpha value is -0.120. The predicted octanol–water partition coefficient (Wildman–Crippen LogP) is 6.44. The summed E-state index contributed by atoms with van der Waals surface area (Å²) in [4.78, 5) is 0. The molecule has 6 rings (SSSR count). The van der Waals surface area contributed by atoms with Crippen LogP contribution in [0, 0.1) is 62.6 Å². The van der Waals surface area contributed by atoms with Gasteiger partial charge in [0.05, 0.1) is 17.8 Å². The maximum absolute atomic E-state index is 10.7. The van der Waals surface area contributed by atoms with Gasteiger partial charge >= 0.3 is 0 Å². The Labute approximate surface area is 209 Å². The number of hydrogen-bond donors (Lipinski definition) is 3. The molecule has 0 amide bonds. The molecule has 0 aromatic heterocycles. The van der Waals surface area contributed by atoms with Crippen molar-refractivity contribution < 1.29 is 15.3 Å². The van der Waals surface area contributed by atoms with Crippen molar-refractivity contribution >= 4 is 0 Å². The first-order chi connectivity index (χ1) is 15.5. The average Bonchev–Trinajstić information content (AvgIpc) is 3.33. The summed E-state index contributed by atoms with van der Waals surface area (Å²) in [5.41, 5.74) is 0.605. The summed E-state index contributed by atoms with van der Waals surface area (Å²) in [5.74, 6) is 4.04. The molecule has 3 nitrogen and oxygen atoms in total. The number of rotatable bonds is 0. The Morgan fingerprint density at radius 2 is 0.912 bits per heavy atom. The maximum atomic E-state index is 10.7. The monoisotopic (exact) mass is 474 g/mol. The van der Waals surface area contributed by atoms with E-state index in [1.807, 2.05) is 6.92 Å². The van der Waals surface area contributed by atoms with Crippen molar-refractivity contribution in [2.75, 3.05) is 0 Å². The minimum atomic E-state index is -0.890. The van der Waals surface area contributed by atoms with E-state index >= 15 is 0 Å². The van der Waals surface area contributed by atoms with E-state index in [-0.39, 0.29) is 22.9 Å². The van der Waals surface area contributed by atoms with Crippen LogP contribution in [0.4, 0.5) is 0 Å². The Kier molecular flexibility index (Phi) is 5.44. The van der Waals surface area contributed by atoms with Crippen molar-refractivity contribution in [3.63, 3.8) is 0 Å². The Morgan fingerprint density at radius 3 is 1.41 bits per heavy atom. The third-order valence-electron chi connectivity index (χ3n) is 14.2. The molecule has 6 fully saturated rings. The van der Waals surface area contributed by atoms with Crippen molar-refractivity contribution in [3.05, 3.63) is 0 Å². The molecule has 0 aromatic carbocycles. The summed E-state index contributed by atoms with van der Waals surface area (Å²) in [6, 6.07) is 0. The van der Waals surface area contributed by atoms with Crippen LogP contribution in [0.15, 0.2) is 0 Å². The molecular weight excluding hydrogens is 420 g/mol. The Morgan fingerprint density at radius 1 is 0.500 bits per heavy atom. The van der Waals surface area contributed by atoms with Gasteiger partial charge in [-0.3, -0.25) is 0 Å².